The average Bonchev–Trinajstić information content (AvgIpc) is 2.37. The van der Waals surface area contributed by atoms with Gasteiger partial charge in [-0.15, -0.1) is 0 Å². The molecule has 0 bridgehead atoms. The average molecular weight is 343 g/mol. The minimum Gasteiger partial charge on any atom is -0.382 e. The van der Waals surface area contributed by atoms with Crippen LogP contribution in [0.1, 0.15) is 12.5 Å². The number of halogens is 3. The van der Waals surface area contributed by atoms with Gasteiger partial charge < -0.3 is 5.32 Å². The van der Waals surface area contributed by atoms with Gasteiger partial charge in [0.05, 0.1) is 5.02 Å². The first-order valence-electron chi connectivity index (χ1n) is 6.00. The zero-order chi connectivity index (χ0) is 13.8. The second kappa shape index (κ2) is 6.40. The van der Waals surface area contributed by atoms with Gasteiger partial charge in [-0.1, -0.05) is 39.7 Å². The fourth-order valence-electron chi connectivity index (χ4n) is 1.90. The number of nitrogens with one attached hydrogen (secondary N) is 1. The fourth-order valence-corrected chi connectivity index (χ4v) is 2.28. The maximum atomic E-state index is 13.3. The van der Waals surface area contributed by atoms with Gasteiger partial charge in [0, 0.05) is 16.2 Å². The molecule has 0 saturated carbocycles. The molecule has 0 aliphatic carbocycles. The Morgan fingerprint density at radius 3 is 2.53 bits per heavy atom. The largest absolute Gasteiger partial charge is 0.382 e. The first kappa shape index (κ1) is 14.4. The molecule has 0 radical (unpaired) electrons. The van der Waals surface area contributed by atoms with E-state index in [1.54, 1.807) is 12.1 Å². The van der Waals surface area contributed by atoms with Crippen molar-refractivity contribution in [2.75, 3.05) is 5.32 Å². The van der Waals surface area contributed by atoms with E-state index in [2.05, 4.69) is 40.3 Å². The molecule has 0 spiro atoms. The Balaban J connectivity index is 1.98. The maximum Gasteiger partial charge on any atom is 0.143 e. The van der Waals surface area contributed by atoms with Crippen molar-refractivity contribution in [3.8, 4) is 0 Å². The summed E-state index contributed by atoms with van der Waals surface area (Å²) in [7, 11) is 0. The van der Waals surface area contributed by atoms with Crippen molar-refractivity contribution in [2.45, 2.75) is 19.4 Å². The molecule has 2 rings (SSSR count). The molecule has 19 heavy (non-hydrogen) atoms. The van der Waals surface area contributed by atoms with E-state index in [1.165, 1.54) is 11.6 Å². The van der Waals surface area contributed by atoms with Crippen molar-refractivity contribution in [3.63, 3.8) is 0 Å². The van der Waals surface area contributed by atoms with E-state index >= 15 is 0 Å². The molecule has 1 N–H and O–H groups in total. The quantitative estimate of drug-likeness (QED) is 0.796. The van der Waals surface area contributed by atoms with Gasteiger partial charge in [-0.05, 0) is 49.2 Å². The summed E-state index contributed by atoms with van der Waals surface area (Å²) in [6.45, 7) is 2.06. The summed E-state index contributed by atoms with van der Waals surface area (Å²) in [5, 5.41) is 3.41. The van der Waals surface area contributed by atoms with Crippen LogP contribution in [-0.2, 0) is 6.42 Å². The molecule has 0 fully saturated rings. The number of hydrogen-bond acceptors (Lipinski definition) is 1. The molecule has 1 unspecified atom stereocenters. The molecule has 0 aromatic heterocycles. The normalized spacial score (nSPS) is 12.2. The molecule has 0 saturated heterocycles. The van der Waals surface area contributed by atoms with Gasteiger partial charge in [-0.2, -0.15) is 0 Å². The Labute approximate surface area is 125 Å². The van der Waals surface area contributed by atoms with Crippen molar-refractivity contribution < 1.29 is 4.39 Å². The summed E-state index contributed by atoms with van der Waals surface area (Å²) in [5.41, 5.74) is 1.98. The highest BCUT2D eigenvalue weighted by atomic mass is 79.9. The lowest BCUT2D eigenvalue weighted by molar-refractivity contribution is 0.628. The first-order chi connectivity index (χ1) is 9.04. The third-order valence-electron chi connectivity index (χ3n) is 2.79. The third kappa shape index (κ3) is 4.22. The van der Waals surface area contributed by atoms with Crippen LogP contribution in [0.2, 0.25) is 5.02 Å². The van der Waals surface area contributed by atoms with Gasteiger partial charge in [0.15, 0.2) is 0 Å². The molecule has 2 aromatic rings. The van der Waals surface area contributed by atoms with E-state index in [0.29, 0.717) is 0 Å². The molecule has 4 heteroatoms. The Bertz CT molecular complexity index is 557. The molecule has 0 aliphatic rings. The van der Waals surface area contributed by atoms with Gasteiger partial charge in [0.2, 0.25) is 0 Å². The Morgan fingerprint density at radius 2 is 1.89 bits per heavy atom. The van der Waals surface area contributed by atoms with E-state index in [9.17, 15) is 4.39 Å². The van der Waals surface area contributed by atoms with Crippen molar-refractivity contribution in [3.05, 3.63) is 63.3 Å². The predicted octanol–water partition coefficient (Wildman–Crippen LogP) is 5.28. The van der Waals surface area contributed by atoms with E-state index in [-0.39, 0.29) is 11.1 Å². The summed E-state index contributed by atoms with van der Waals surface area (Å²) in [4.78, 5) is 0. The Hall–Kier alpha value is -1.06. The zero-order valence-corrected chi connectivity index (χ0v) is 12.8. The standard InChI is InChI=1S/C15H14BrClFN/c1-10(8-11-2-4-12(16)5-3-11)19-13-6-7-14(17)15(18)9-13/h2-7,9-10,19H,8H2,1H3. The van der Waals surface area contributed by atoms with Crippen LogP contribution >= 0.6 is 27.5 Å². The third-order valence-corrected chi connectivity index (χ3v) is 3.62. The second-order valence-electron chi connectivity index (χ2n) is 4.50. The predicted molar refractivity (Wildman–Crippen MR) is 82.3 cm³/mol. The highest BCUT2D eigenvalue weighted by Gasteiger charge is 2.06. The molecule has 0 aliphatic heterocycles. The van der Waals surface area contributed by atoms with Crippen LogP contribution in [0.15, 0.2) is 46.9 Å². The molecule has 0 heterocycles. The number of anilines is 1. The number of rotatable bonds is 4. The first-order valence-corrected chi connectivity index (χ1v) is 7.18. The summed E-state index contributed by atoms with van der Waals surface area (Å²) >= 11 is 9.06. The van der Waals surface area contributed by atoms with Crippen molar-refractivity contribution in [1.29, 1.82) is 0 Å². The van der Waals surface area contributed by atoms with Crippen molar-refractivity contribution >= 4 is 33.2 Å². The molecule has 0 amide bonds. The van der Waals surface area contributed by atoms with Gasteiger partial charge in [0.25, 0.3) is 0 Å². The SMILES string of the molecule is CC(Cc1ccc(Br)cc1)Nc1ccc(Cl)c(F)c1. The monoisotopic (exact) mass is 341 g/mol. The molecular formula is C15H14BrClFN. The smallest absolute Gasteiger partial charge is 0.143 e. The van der Waals surface area contributed by atoms with E-state index in [4.69, 9.17) is 11.6 Å². The van der Waals surface area contributed by atoms with Crippen molar-refractivity contribution in [2.24, 2.45) is 0 Å². The lowest BCUT2D eigenvalue weighted by atomic mass is 10.1. The van der Waals surface area contributed by atoms with Gasteiger partial charge in [-0.25, -0.2) is 4.39 Å². The van der Waals surface area contributed by atoms with Gasteiger partial charge in [0.1, 0.15) is 5.82 Å². The molecule has 100 valence electrons. The summed E-state index contributed by atoms with van der Waals surface area (Å²) < 4.78 is 14.4. The topological polar surface area (TPSA) is 12.0 Å². The summed E-state index contributed by atoms with van der Waals surface area (Å²) in [6.07, 6.45) is 0.873. The van der Waals surface area contributed by atoms with Crippen LogP contribution in [0.4, 0.5) is 10.1 Å². The molecular weight excluding hydrogens is 329 g/mol. The Morgan fingerprint density at radius 1 is 1.21 bits per heavy atom. The van der Waals surface area contributed by atoms with Gasteiger partial charge >= 0.3 is 0 Å². The summed E-state index contributed by atoms with van der Waals surface area (Å²) in [6, 6.07) is 13.2. The van der Waals surface area contributed by atoms with Crippen LogP contribution in [0.5, 0.6) is 0 Å². The van der Waals surface area contributed by atoms with Crippen LogP contribution < -0.4 is 5.32 Å². The van der Waals surface area contributed by atoms with E-state index < -0.39 is 5.82 Å². The lowest BCUT2D eigenvalue weighted by Gasteiger charge is -2.15. The zero-order valence-electron chi connectivity index (χ0n) is 10.5. The fraction of sp³-hybridized carbons (Fsp3) is 0.200. The van der Waals surface area contributed by atoms with E-state index in [1.807, 2.05) is 12.1 Å². The highest BCUT2D eigenvalue weighted by molar-refractivity contribution is 9.10. The van der Waals surface area contributed by atoms with Crippen LogP contribution in [0.25, 0.3) is 0 Å². The molecule has 1 atom stereocenters. The van der Waals surface area contributed by atoms with Crippen LogP contribution in [-0.4, -0.2) is 6.04 Å². The second-order valence-corrected chi connectivity index (χ2v) is 5.83. The molecule has 1 nitrogen and oxygen atoms in total. The maximum absolute atomic E-state index is 13.3. The molecule has 2 aromatic carbocycles. The lowest BCUT2D eigenvalue weighted by Crippen LogP contribution is -2.18. The minimum atomic E-state index is -0.400. The van der Waals surface area contributed by atoms with Crippen LogP contribution in [0.3, 0.4) is 0 Å². The van der Waals surface area contributed by atoms with Crippen LogP contribution in [0, 0.1) is 5.82 Å². The summed E-state index contributed by atoms with van der Waals surface area (Å²) in [5.74, 6) is -0.400. The van der Waals surface area contributed by atoms with Gasteiger partial charge in [-0.3, -0.25) is 0 Å². The Kier molecular flexibility index (Phi) is 4.83. The van der Waals surface area contributed by atoms with Crippen molar-refractivity contribution in [1.82, 2.24) is 0 Å². The minimum absolute atomic E-state index is 0.145. The van der Waals surface area contributed by atoms with E-state index in [0.717, 1.165) is 16.6 Å². The highest BCUT2D eigenvalue weighted by Crippen LogP contribution is 2.20. The number of hydrogen-bond donors (Lipinski definition) is 1. The number of benzene rings is 2.